The molecule has 0 saturated carbocycles. The summed E-state index contributed by atoms with van der Waals surface area (Å²) in [6, 6.07) is 9.97. The van der Waals surface area contributed by atoms with Crippen LogP contribution in [0.1, 0.15) is 38.5 Å². The smallest absolute Gasteiger partial charge is 0.319 e. The van der Waals surface area contributed by atoms with Gasteiger partial charge in [-0.25, -0.2) is 4.39 Å². The summed E-state index contributed by atoms with van der Waals surface area (Å²) >= 11 is 1.56. The summed E-state index contributed by atoms with van der Waals surface area (Å²) in [7, 11) is 0. The maximum absolute atomic E-state index is 16.7. The van der Waals surface area contributed by atoms with Crippen LogP contribution in [-0.2, 0) is 0 Å². The molecule has 2 atom stereocenters. The van der Waals surface area contributed by atoms with Crippen LogP contribution in [0.2, 0.25) is 0 Å². The molecule has 2 N–H and O–H groups in total. The molecule has 0 aliphatic carbocycles. The van der Waals surface area contributed by atoms with Crippen LogP contribution < -0.4 is 15.0 Å². The summed E-state index contributed by atoms with van der Waals surface area (Å²) in [5.41, 5.74) is 0.979. The lowest BCUT2D eigenvalue weighted by Crippen LogP contribution is -2.51. The molecular weight excluding hydrogens is 553 g/mol. The fourth-order valence-corrected chi connectivity index (χ4v) is 8.39. The van der Waals surface area contributed by atoms with Gasteiger partial charge >= 0.3 is 6.01 Å². The molecule has 218 valence electrons. The first kappa shape index (κ1) is 26.4. The Balaban J connectivity index is 1.27. The molecule has 4 saturated heterocycles. The normalized spacial score (nSPS) is 23.2. The van der Waals surface area contributed by atoms with E-state index >= 15 is 4.39 Å². The lowest BCUT2D eigenvalue weighted by Gasteiger charge is -2.34. The van der Waals surface area contributed by atoms with Crippen LogP contribution in [-0.4, -0.2) is 86.8 Å². The number of aromatic nitrogens is 4. The SMILES string of the molecule is CSc1cccc2cc(O)cc(-c3nnc4c(N5CC6CCC(C5)N6)nc(OCC56CCCN5CCC6)nc4c3F)c12. The fourth-order valence-electron chi connectivity index (χ4n) is 7.75. The monoisotopic (exact) mass is 587 g/mol. The van der Waals surface area contributed by atoms with Crippen LogP contribution in [0.25, 0.3) is 33.1 Å². The van der Waals surface area contributed by atoms with Crippen LogP contribution in [0.3, 0.4) is 0 Å². The number of halogens is 1. The van der Waals surface area contributed by atoms with Crippen molar-refractivity contribution in [2.45, 2.75) is 61.0 Å². The highest BCUT2D eigenvalue weighted by atomic mass is 32.2. The first-order valence-electron chi connectivity index (χ1n) is 14.9. The second-order valence-electron chi connectivity index (χ2n) is 12.2. The fraction of sp³-hybridized carbons (Fsp3) is 0.484. The first-order valence-corrected chi connectivity index (χ1v) is 16.2. The Morgan fingerprint density at radius 3 is 2.62 bits per heavy atom. The molecule has 6 heterocycles. The Hall–Kier alpha value is -3.28. The average molecular weight is 588 g/mol. The number of benzene rings is 2. The number of rotatable bonds is 6. The Labute approximate surface area is 247 Å². The summed E-state index contributed by atoms with van der Waals surface area (Å²) in [5, 5.41) is 24.8. The van der Waals surface area contributed by atoms with Crippen molar-refractivity contribution in [1.82, 2.24) is 30.4 Å². The quantitative estimate of drug-likeness (QED) is 0.308. The van der Waals surface area contributed by atoms with Crippen LogP contribution in [0.15, 0.2) is 35.2 Å². The Morgan fingerprint density at radius 1 is 1.07 bits per heavy atom. The number of piperazine rings is 1. The molecule has 2 bridgehead atoms. The molecule has 8 rings (SSSR count). The van der Waals surface area contributed by atoms with Gasteiger partial charge in [-0.05, 0) is 81.5 Å². The highest BCUT2D eigenvalue weighted by Gasteiger charge is 2.45. The topological polar surface area (TPSA) is 99.5 Å². The highest BCUT2D eigenvalue weighted by molar-refractivity contribution is 7.98. The van der Waals surface area contributed by atoms with Crippen molar-refractivity contribution in [2.24, 2.45) is 0 Å². The second kappa shape index (κ2) is 10.2. The molecule has 42 heavy (non-hydrogen) atoms. The molecule has 0 spiro atoms. The maximum Gasteiger partial charge on any atom is 0.319 e. The molecule has 4 aliphatic rings. The van der Waals surface area contributed by atoms with Gasteiger partial charge in [-0.15, -0.1) is 22.0 Å². The van der Waals surface area contributed by atoms with E-state index in [0.717, 1.165) is 67.5 Å². The lowest BCUT2D eigenvalue weighted by atomic mass is 9.95. The van der Waals surface area contributed by atoms with E-state index in [1.54, 1.807) is 23.9 Å². The Kier molecular flexibility index (Phi) is 6.38. The third-order valence-corrected chi connectivity index (χ3v) is 10.5. The van der Waals surface area contributed by atoms with Gasteiger partial charge in [0.2, 0.25) is 0 Å². The number of fused-ring (bicyclic) bond motifs is 5. The highest BCUT2D eigenvalue weighted by Crippen LogP contribution is 2.41. The molecule has 2 aromatic carbocycles. The van der Waals surface area contributed by atoms with Gasteiger partial charge in [-0.1, -0.05) is 12.1 Å². The number of aromatic hydroxyl groups is 1. The van der Waals surface area contributed by atoms with Crippen molar-refractivity contribution < 1.29 is 14.2 Å². The van der Waals surface area contributed by atoms with E-state index in [1.807, 2.05) is 24.5 Å². The van der Waals surface area contributed by atoms with Crippen molar-refractivity contribution in [3.8, 4) is 23.0 Å². The predicted octanol–water partition coefficient (Wildman–Crippen LogP) is 4.75. The van der Waals surface area contributed by atoms with Crippen molar-refractivity contribution in [3.63, 3.8) is 0 Å². The van der Waals surface area contributed by atoms with E-state index < -0.39 is 5.82 Å². The van der Waals surface area contributed by atoms with Crippen LogP contribution in [0, 0.1) is 5.82 Å². The zero-order chi connectivity index (χ0) is 28.4. The zero-order valence-electron chi connectivity index (χ0n) is 23.6. The van der Waals surface area contributed by atoms with Crippen molar-refractivity contribution >= 4 is 39.4 Å². The van der Waals surface area contributed by atoms with E-state index in [9.17, 15) is 5.11 Å². The standard InChI is InChI=1S/C31H34FN7O2S/c1-42-23-6-2-5-18-13-21(40)14-22(24(18)23)26-25(32)27-28(37-36-26)29(38-15-19-7-8-20(16-38)33-19)35-30(34-27)41-17-31-9-3-11-39(31)12-4-10-31/h2,5-6,13-14,19-20,33,40H,3-4,7-12,15-17H2,1H3. The van der Waals surface area contributed by atoms with E-state index in [-0.39, 0.29) is 28.5 Å². The minimum atomic E-state index is -0.587. The second-order valence-corrected chi connectivity index (χ2v) is 13.0. The van der Waals surface area contributed by atoms with Gasteiger partial charge in [-0.2, -0.15) is 9.97 Å². The van der Waals surface area contributed by atoms with Crippen LogP contribution in [0.5, 0.6) is 11.8 Å². The van der Waals surface area contributed by atoms with Crippen molar-refractivity contribution in [3.05, 3.63) is 36.1 Å². The van der Waals surface area contributed by atoms with E-state index in [2.05, 4.69) is 30.3 Å². The number of nitrogens with one attached hydrogen (secondary N) is 1. The molecule has 2 aromatic heterocycles. The number of hydrogen-bond acceptors (Lipinski definition) is 10. The molecule has 4 fully saturated rings. The van der Waals surface area contributed by atoms with E-state index in [1.165, 1.54) is 12.8 Å². The maximum atomic E-state index is 16.7. The van der Waals surface area contributed by atoms with Gasteiger partial charge in [0.25, 0.3) is 0 Å². The van der Waals surface area contributed by atoms with Gasteiger partial charge < -0.3 is 20.1 Å². The van der Waals surface area contributed by atoms with Crippen LogP contribution in [0.4, 0.5) is 10.2 Å². The molecule has 11 heteroatoms. The Morgan fingerprint density at radius 2 is 1.86 bits per heavy atom. The van der Waals surface area contributed by atoms with Gasteiger partial charge in [0.1, 0.15) is 23.6 Å². The van der Waals surface area contributed by atoms with Crippen molar-refractivity contribution in [1.29, 1.82) is 0 Å². The zero-order valence-corrected chi connectivity index (χ0v) is 24.5. The third kappa shape index (κ3) is 4.27. The number of phenolic OH excluding ortho intramolecular Hbond substituents is 1. The summed E-state index contributed by atoms with van der Waals surface area (Å²) < 4.78 is 23.1. The molecule has 2 unspecified atom stereocenters. The predicted molar refractivity (Wildman–Crippen MR) is 162 cm³/mol. The summed E-state index contributed by atoms with van der Waals surface area (Å²) in [4.78, 5) is 15.2. The molecular formula is C31H34FN7O2S. The number of anilines is 1. The lowest BCUT2D eigenvalue weighted by molar-refractivity contribution is 0.108. The summed E-state index contributed by atoms with van der Waals surface area (Å²) in [6.07, 6.45) is 8.73. The molecule has 4 aromatic rings. The van der Waals surface area contributed by atoms with Crippen molar-refractivity contribution in [2.75, 3.05) is 43.9 Å². The van der Waals surface area contributed by atoms with E-state index in [4.69, 9.17) is 9.72 Å². The Bertz CT molecular complexity index is 1680. The van der Waals surface area contributed by atoms with Gasteiger partial charge in [0.15, 0.2) is 17.2 Å². The third-order valence-electron chi connectivity index (χ3n) is 9.71. The first-order chi connectivity index (χ1) is 20.5. The summed E-state index contributed by atoms with van der Waals surface area (Å²) in [5.74, 6) is 0.0257. The van der Waals surface area contributed by atoms with Gasteiger partial charge in [0.05, 0.1) is 5.54 Å². The number of hydrogen-bond donors (Lipinski definition) is 2. The molecule has 9 nitrogen and oxygen atoms in total. The van der Waals surface area contributed by atoms with Gasteiger partial charge in [-0.3, -0.25) is 4.90 Å². The number of phenols is 1. The average Bonchev–Trinajstić information content (AvgIpc) is 3.68. The molecule has 4 aliphatic heterocycles. The summed E-state index contributed by atoms with van der Waals surface area (Å²) in [6.45, 7) is 4.21. The minimum Gasteiger partial charge on any atom is -0.508 e. The molecule has 0 amide bonds. The number of nitrogens with zero attached hydrogens (tertiary/aromatic N) is 6. The minimum absolute atomic E-state index is 0.0154. The number of thioether (sulfide) groups is 1. The van der Waals surface area contributed by atoms with Gasteiger partial charge in [0, 0.05) is 41.0 Å². The largest absolute Gasteiger partial charge is 0.508 e. The number of ether oxygens (including phenoxy) is 1. The van der Waals surface area contributed by atoms with Crippen LogP contribution >= 0.6 is 11.8 Å². The van der Waals surface area contributed by atoms with E-state index in [0.29, 0.717) is 35.6 Å². The molecule has 0 radical (unpaired) electrons.